The van der Waals surface area contributed by atoms with Crippen molar-refractivity contribution in [1.29, 1.82) is 0 Å². The second-order valence-corrected chi connectivity index (χ2v) is 41.4. The molecule has 0 bridgehead atoms. The third kappa shape index (κ3) is 44.3. The van der Waals surface area contributed by atoms with Crippen LogP contribution >= 0.6 is 81.2 Å². The molecule has 1 aromatic heterocycles. The second kappa shape index (κ2) is 61.2. The number of Topliss-reactive ketones (excluding diaryl/α,β-unsaturated/α-hetero) is 3. The van der Waals surface area contributed by atoms with Crippen LogP contribution in [0.3, 0.4) is 0 Å². The third-order valence-electron chi connectivity index (χ3n) is 23.5. The highest BCUT2D eigenvalue weighted by molar-refractivity contribution is 6.34. The number of aromatic nitrogens is 3. The number of carbonyl (C=O) groups excluding carboxylic acids is 10. The number of nitrogens with two attached hydrogens (primary N) is 2. The van der Waals surface area contributed by atoms with E-state index in [0.717, 1.165) is 102 Å². The van der Waals surface area contributed by atoms with Gasteiger partial charge in [-0.05, 0) is 357 Å². The summed E-state index contributed by atoms with van der Waals surface area (Å²) in [7, 11) is 0. The van der Waals surface area contributed by atoms with Crippen LogP contribution in [0, 0.1) is 76.4 Å². The Hall–Kier alpha value is -9.81. The van der Waals surface area contributed by atoms with E-state index in [1.54, 1.807) is 89.2 Å². The van der Waals surface area contributed by atoms with Gasteiger partial charge in [-0.25, -0.2) is 18.0 Å². The fraction of sp³-hybridized carbons (Fsp3) is 0.567. The zero-order chi connectivity index (χ0) is 108. The number of ketones is 3. The molecule has 0 saturated heterocycles. The average Bonchev–Trinajstić information content (AvgIpc) is 0.802. The molecule has 5 aromatic carbocycles. The van der Waals surface area contributed by atoms with Crippen molar-refractivity contribution >= 4 is 152 Å². The summed E-state index contributed by atoms with van der Waals surface area (Å²) in [6.45, 7) is 31.4. The molecule has 6 aromatic rings. The zero-order valence-corrected chi connectivity index (χ0v) is 89.4. The number of esters is 3. The Morgan fingerprint density at radius 3 is 0.876 bits per heavy atom. The maximum absolute atomic E-state index is 13.5. The van der Waals surface area contributed by atoms with Crippen LogP contribution in [-0.2, 0) is 47.8 Å². The molecule has 1 heterocycles. The van der Waals surface area contributed by atoms with Crippen molar-refractivity contribution in [2.24, 2.45) is 58.8 Å². The molecular formula is C104H138Cl7F5N8O21. The summed E-state index contributed by atoms with van der Waals surface area (Å²) in [4.78, 5) is 155. The van der Waals surface area contributed by atoms with Crippen molar-refractivity contribution in [1.82, 2.24) is 30.9 Å². The first-order valence-electron chi connectivity index (χ1n) is 48.1. The molecular weight excluding hydrogens is 2040 g/mol. The quantitative estimate of drug-likeness (QED) is 0.00639. The maximum Gasteiger partial charge on any atom is 0.343 e. The Kier molecular flexibility index (Phi) is 53.8. The summed E-state index contributed by atoms with van der Waals surface area (Å²) in [6, 6.07) is 15.6. The van der Waals surface area contributed by atoms with Crippen LogP contribution in [0.5, 0.6) is 28.7 Å². The molecule has 29 nitrogen and oxygen atoms in total. The second-order valence-electron chi connectivity index (χ2n) is 38.8. The van der Waals surface area contributed by atoms with E-state index in [9.17, 15) is 79.5 Å². The highest BCUT2D eigenvalue weighted by Gasteiger charge is 2.38. The Bertz CT molecular complexity index is 5150. The number of hydrogen-bond acceptors (Lipinski definition) is 23. The average molecular weight is 2180 g/mol. The van der Waals surface area contributed by atoms with Crippen LogP contribution in [0.4, 0.5) is 22.0 Å². The van der Waals surface area contributed by atoms with Gasteiger partial charge in [0.15, 0.2) is 17.3 Å². The minimum absolute atomic E-state index is 0. The molecule has 0 aliphatic heterocycles. The van der Waals surface area contributed by atoms with Crippen molar-refractivity contribution in [2.75, 3.05) is 0 Å². The van der Waals surface area contributed by atoms with Crippen molar-refractivity contribution in [2.45, 2.75) is 333 Å². The Morgan fingerprint density at radius 1 is 0.386 bits per heavy atom. The number of hydrogen-bond donors (Lipinski definition) is 7. The highest BCUT2D eigenvalue weighted by atomic mass is 35.5. The first kappa shape index (κ1) is 127. The lowest BCUT2D eigenvalue weighted by Gasteiger charge is -2.31. The molecule has 4 amide bonds. The van der Waals surface area contributed by atoms with E-state index in [0.29, 0.717) is 113 Å². The van der Waals surface area contributed by atoms with Crippen LogP contribution in [0.2, 0.25) is 35.9 Å². The number of rotatable bonds is 35. The van der Waals surface area contributed by atoms with E-state index in [1.807, 2.05) is 83.1 Å². The molecule has 10 rings (SSSR count). The Balaban J connectivity index is 0.000000371. The summed E-state index contributed by atoms with van der Waals surface area (Å²) in [5.41, 5.74) is 10.9. The highest BCUT2D eigenvalue weighted by Crippen LogP contribution is 2.40. The molecule has 4 aliphatic rings. The first-order valence-corrected chi connectivity index (χ1v) is 50.7. The van der Waals surface area contributed by atoms with Gasteiger partial charge < -0.3 is 70.8 Å². The number of halogens is 12. The lowest BCUT2D eigenvalue weighted by molar-refractivity contribution is -0.162. The van der Waals surface area contributed by atoms with Crippen molar-refractivity contribution in [3.8, 4) is 28.7 Å². The van der Waals surface area contributed by atoms with Crippen LogP contribution < -0.4 is 51.1 Å². The topological polar surface area (TPSA) is 437 Å². The number of primary amides is 1. The van der Waals surface area contributed by atoms with Gasteiger partial charge in [0, 0.05) is 41.9 Å². The van der Waals surface area contributed by atoms with E-state index in [2.05, 4.69) is 35.6 Å². The maximum atomic E-state index is 13.5. The standard InChI is InChI=1S/C26H38ClNO5.C22H31ClN2O4.C22H30ClNO5.C16H10ClF5O3.C14H25NO4.C3Cl3N3.CH4/c1-7-22(29)21(14-17-8-10-18(11-9-17)25(31)33-26(4,5)6)28-24(30)19-12-13-23(20(27)15-19)32-16(2)3;1-4-19(26)18(11-14-5-7-15(8-6-14)21(24)27)25-22(28)16-9-10-20(17(23)12-16)29-13(2)3;1-4-19(25)18(11-14-5-7-15(8-6-14)22(27)28)24-21(26)16-9-10-20(17(23)12-16)29-13(2)3;1-6(2)24-9-4-3-7(5-8(9)17)16(23)25-15-13(21)11(19)10(18)12(20)14(15)22;1-14(2,3)19-13(18)10-6-4-9(5-7-10)8-11(15)12(16)17;4-1-7-2(5)9-3(6)8-1;/h12-13,15-18,21H,7-11,14H2,1-6H3,(H,28,30);9-10,12-15,18H,4-8,11H2,1-3H3,(H2,24,27)(H,25,28);9-10,12-15,18H,4-8,11H2,1-3H3,(H,24,26)(H,27,28);3-6H,1-2H3;9-11H,4-8,15H2,1-3H3,(H,16,17);;1H4/t;;;;9?,10?,11-;;/m....0../s1. The predicted octanol–water partition coefficient (Wildman–Crippen LogP) is 23.6. The Labute approximate surface area is 880 Å². The van der Waals surface area contributed by atoms with Crippen molar-refractivity contribution < 1.29 is 123 Å². The number of carboxylic acid groups (broad SMARTS) is 2. The molecule has 0 spiro atoms. The van der Waals surface area contributed by atoms with Gasteiger partial charge in [0.05, 0.1) is 85.9 Å². The smallest absolute Gasteiger partial charge is 0.343 e. The molecule has 9 N–H and O–H groups in total. The molecule has 4 saturated carbocycles. The van der Waals surface area contributed by atoms with Gasteiger partial charge in [0.1, 0.15) is 40.2 Å². The number of nitrogens with one attached hydrogen (secondary N) is 3. The molecule has 804 valence electrons. The predicted molar refractivity (Wildman–Crippen MR) is 546 cm³/mol. The van der Waals surface area contributed by atoms with Crippen LogP contribution in [-0.4, -0.2) is 156 Å². The summed E-state index contributed by atoms with van der Waals surface area (Å²) < 4.78 is 104. The third-order valence-corrected chi connectivity index (χ3v) is 25.2. The van der Waals surface area contributed by atoms with Gasteiger partial charge in [0.25, 0.3) is 17.7 Å². The molecule has 4 atom stereocenters. The molecule has 4 fully saturated rings. The minimum Gasteiger partial charge on any atom is -0.489 e. The summed E-state index contributed by atoms with van der Waals surface area (Å²) >= 11 is 40.6. The number of carbonyl (C=O) groups is 12. The van der Waals surface area contributed by atoms with Gasteiger partial charge in [-0.1, -0.05) is 74.6 Å². The van der Waals surface area contributed by atoms with Crippen molar-refractivity contribution in [3.05, 3.63) is 160 Å². The van der Waals surface area contributed by atoms with E-state index in [4.69, 9.17) is 131 Å². The number of aliphatic carboxylic acids is 2. The zero-order valence-electron chi connectivity index (χ0n) is 84.1. The molecule has 0 radical (unpaired) electrons. The van der Waals surface area contributed by atoms with Crippen molar-refractivity contribution in [3.63, 3.8) is 0 Å². The van der Waals surface area contributed by atoms with Gasteiger partial charge >= 0.3 is 29.8 Å². The van der Waals surface area contributed by atoms with E-state index in [1.165, 1.54) is 6.07 Å². The lowest BCUT2D eigenvalue weighted by Crippen LogP contribution is -2.42. The number of ether oxygens (including phenoxy) is 7. The molecule has 41 heteroatoms. The van der Waals surface area contributed by atoms with E-state index in [-0.39, 0.29) is 158 Å². The first-order chi connectivity index (χ1) is 67.3. The monoisotopic (exact) mass is 2170 g/mol. The summed E-state index contributed by atoms with van der Waals surface area (Å²) in [6.07, 6.45) is 15.2. The summed E-state index contributed by atoms with van der Waals surface area (Å²) in [5, 5.41) is 27.6. The SMILES string of the molecule is C.CC(C)(C)OC(=O)C1CCC(C[C@H](N)C(=O)O)CC1.CC(C)Oc1ccc(C(=O)Oc2c(F)c(F)c(F)c(F)c2F)cc1Cl.CCC(=O)C(CC1CCC(C(=O)O)CC1)NC(=O)c1ccc(OC(C)C)c(Cl)c1.CCC(=O)C(CC1CCC(C(=O)OC(C)(C)C)CC1)NC(=O)c1ccc(OC(C)C)c(Cl)c1.CCC(=O)C(CC1CCC(C(N)=O)CC1)NC(=O)c1ccc(OC(C)C)c(Cl)c1.Clc1nc(Cl)nc(Cl)n1. The number of benzene rings is 5. The number of amides is 4. The number of nitrogens with zero attached hydrogens (tertiary/aromatic N) is 3. The van der Waals surface area contributed by atoms with Gasteiger partial charge in [-0.3, -0.25) is 52.7 Å². The summed E-state index contributed by atoms with van der Waals surface area (Å²) in [5.74, 6) is -15.2. The normalized spacial score (nSPS) is 18.4. The Morgan fingerprint density at radius 2 is 0.634 bits per heavy atom. The van der Waals surface area contributed by atoms with E-state index < -0.39 is 88.1 Å². The minimum atomic E-state index is -2.35. The van der Waals surface area contributed by atoms with E-state index >= 15 is 0 Å². The van der Waals surface area contributed by atoms with Crippen LogP contribution in [0.25, 0.3) is 0 Å². The van der Waals surface area contributed by atoms with Gasteiger partial charge in [-0.15, -0.1) is 0 Å². The van der Waals surface area contributed by atoms with Gasteiger partial charge in [-0.2, -0.15) is 23.7 Å². The molecule has 145 heavy (non-hydrogen) atoms. The fourth-order valence-corrected chi connectivity index (χ4v) is 17.7. The van der Waals surface area contributed by atoms with Gasteiger partial charge in [0.2, 0.25) is 56.6 Å². The fourth-order valence-electron chi connectivity index (χ4n) is 16.2. The lowest BCUT2D eigenvalue weighted by atomic mass is 9.78. The number of carboxylic acids is 2. The largest absolute Gasteiger partial charge is 0.489 e. The van der Waals surface area contributed by atoms with Crippen LogP contribution in [0.1, 0.15) is 314 Å². The molecule has 3 unspecified atom stereocenters. The molecule has 4 aliphatic carbocycles. The van der Waals surface area contributed by atoms with Crippen LogP contribution in [0.15, 0.2) is 72.8 Å².